The number of nitrogens with zero attached hydrogens (tertiary/aromatic N) is 1. The molecule has 3 N–H and O–H groups in total. The summed E-state index contributed by atoms with van der Waals surface area (Å²) in [4.78, 5) is 21.7. The second-order valence-corrected chi connectivity index (χ2v) is 4.03. The van der Waals surface area contributed by atoms with Crippen molar-refractivity contribution in [1.29, 1.82) is 0 Å². The fraction of sp³-hybridized carbons (Fsp3) is 0.417. The minimum atomic E-state index is -0.620. The van der Waals surface area contributed by atoms with Gasteiger partial charge >= 0.3 is 0 Å². The number of nitrogens with two attached hydrogens (primary N) is 1. The van der Waals surface area contributed by atoms with Crippen LogP contribution in [0.25, 0.3) is 0 Å². The lowest BCUT2D eigenvalue weighted by Gasteiger charge is -2.11. The first kappa shape index (κ1) is 15.1. The molecular formula is C12H17N3O4. The van der Waals surface area contributed by atoms with Crippen molar-refractivity contribution in [3.05, 3.63) is 34.4 Å². The molecule has 0 aromatic heterocycles. The summed E-state index contributed by atoms with van der Waals surface area (Å²) >= 11 is 0. The molecule has 0 aliphatic heterocycles. The molecule has 0 saturated carbocycles. The summed E-state index contributed by atoms with van der Waals surface area (Å²) in [6.45, 7) is 0.554. The van der Waals surface area contributed by atoms with E-state index in [1.54, 1.807) is 7.11 Å². The van der Waals surface area contributed by atoms with E-state index in [-0.39, 0.29) is 11.6 Å². The van der Waals surface area contributed by atoms with Gasteiger partial charge in [-0.3, -0.25) is 14.9 Å². The van der Waals surface area contributed by atoms with Crippen molar-refractivity contribution in [3.8, 4) is 0 Å². The van der Waals surface area contributed by atoms with Gasteiger partial charge < -0.3 is 15.8 Å². The van der Waals surface area contributed by atoms with E-state index in [4.69, 9.17) is 10.5 Å². The summed E-state index contributed by atoms with van der Waals surface area (Å²) < 4.78 is 4.87. The quantitative estimate of drug-likeness (QED) is 0.439. The fourth-order valence-electron chi connectivity index (χ4n) is 1.48. The summed E-state index contributed by atoms with van der Waals surface area (Å²) in [6.07, 6.45) is 1.22. The van der Waals surface area contributed by atoms with Crippen molar-refractivity contribution in [1.82, 2.24) is 0 Å². The molecule has 1 rings (SSSR count). The van der Waals surface area contributed by atoms with Crippen LogP contribution in [0.2, 0.25) is 0 Å². The summed E-state index contributed by atoms with van der Waals surface area (Å²) in [5.41, 5.74) is 6.17. The van der Waals surface area contributed by atoms with Gasteiger partial charge in [-0.15, -0.1) is 0 Å². The van der Waals surface area contributed by atoms with E-state index < -0.39 is 11.0 Å². The molecule has 1 atom stereocenters. The van der Waals surface area contributed by atoms with Crippen LogP contribution in [0.15, 0.2) is 24.3 Å². The standard InChI is InChI=1S/C12H17N3O4/c1-19-8-2-3-11(13)12(16)14-9-4-6-10(7-5-9)15(17)18/h4-7,11H,2-3,8,13H2,1H3,(H,14,16). The fourth-order valence-corrected chi connectivity index (χ4v) is 1.48. The highest BCUT2D eigenvalue weighted by molar-refractivity contribution is 5.94. The third kappa shape index (κ3) is 5.02. The number of carbonyl (C=O) groups is 1. The Kier molecular flexibility index (Phi) is 5.91. The normalized spacial score (nSPS) is 11.9. The van der Waals surface area contributed by atoms with Crippen LogP contribution in [0.5, 0.6) is 0 Å². The average Bonchev–Trinajstić information content (AvgIpc) is 2.39. The second kappa shape index (κ2) is 7.45. The number of nitro benzene ring substituents is 1. The lowest BCUT2D eigenvalue weighted by atomic mass is 10.1. The van der Waals surface area contributed by atoms with E-state index in [0.717, 1.165) is 0 Å². The van der Waals surface area contributed by atoms with Crippen molar-refractivity contribution in [2.75, 3.05) is 19.0 Å². The van der Waals surface area contributed by atoms with Crippen LogP contribution in [0.3, 0.4) is 0 Å². The number of non-ortho nitro benzene ring substituents is 1. The zero-order valence-electron chi connectivity index (χ0n) is 10.7. The van der Waals surface area contributed by atoms with Gasteiger partial charge in [-0.05, 0) is 25.0 Å². The van der Waals surface area contributed by atoms with Crippen molar-refractivity contribution < 1.29 is 14.5 Å². The third-order valence-corrected chi connectivity index (χ3v) is 2.55. The first-order chi connectivity index (χ1) is 9.04. The Balaban J connectivity index is 2.49. The number of ether oxygens (including phenoxy) is 1. The minimum Gasteiger partial charge on any atom is -0.385 e. The van der Waals surface area contributed by atoms with Crippen LogP contribution >= 0.6 is 0 Å². The van der Waals surface area contributed by atoms with Gasteiger partial charge in [0.15, 0.2) is 0 Å². The number of methoxy groups -OCH3 is 1. The number of amides is 1. The number of benzene rings is 1. The second-order valence-electron chi connectivity index (χ2n) is 4.03. The molecule has 0 fully saturated rings. The molecule has 0 saturated heterocycles. The topological polar surface area (TPSA) is 107 Å². The predicted molar refractivity (Wildman–Crippen MR) is 70.8 cm³/mol. The summed E-state index contributed by atoms with van der Waals surface area (Å²) in [5, 5.41) is 13.1. The van der Waals surface area contributed by atoms with Gasteiger partial charge in [-0.25, -0.2) is 0 Å². The van der Waals surface area contributed by atoms with Crippen LogP contribution in [-0.4, -0.2) is 30.6 Å². The van der Waals surface area contributed by atoms with E-state index in [1.165, 1.54) is 24.3 Å². The summed E-state index contributed by atoms with van der Waals surface area (Å²) in [5.74, 6) is -0.315. The number of rotatable bonds is 7. The minimum absolute atomic E-state index is 0.0256. The van der Waals surface area contributed by atoms with E-state index >= 15 is 0 Å². The van der Waals surface area contributed by atoms with E-state index in [9.17, 15) is 14.9 Å². The lowest BCUT2D eigenvalue weighted by molar-refractivity contribution is -0.384. The molecule has 0 bridgehead atoms. The molecule has 0 radical (unpaired) electrons. The van der Waals surface area contributed by atoms with Crippen LogP contribution in [-0.2, 0) is 9.53 Å². The van der Waals surface area contributed by atoms with Gasteiger partial charge in [-0.2, -0.15) is 0 Å². The van der Waals surface area contributed by atoms with E-state index in [0.29, 0.717) is 25.1 Å². The Morgan fingerprint density at radius 1 is 1.47 bits per heavy atom. The molecular weight excluding hydrogens is 250 g/mol. The molecule has 7 nitrogen and oxygen atoms in total. The van der Waals surface area contributed by atoms with Crippen molar-refractivity contribution in [2.45, 2.75) is 18.9 Å². The summed E-state index contributed by atoms with van der Waals surface area (Å²) in [6, 6.07) is 4.97. The molecule has 0 spiro atoms. The van der Waals surface area contributed by atoms with Crippen LogP contribution in [0.4, 0.5) is 11.4 Å². The Morgan fingerprint density at radius 2 is 2.11 bits per heavy atom. The van der Waals surface area contributed by atoms with Crippen molar-refractivity contribution in [2.24, 2.45) is 5.73 Å². The number of hydrogen-bond acceptors (Lipinski definition) is 5. The third-order valence-electron chi connectivity index (χ3n) is 2.55. The van der Waals surface area contributed by atoms with Gasteiger partial charge in [0.1, 0.15) is 0 Å². The van der Waals surface area contributed by atoms with Gasteiger partial charge in [0, 0.05) is 31.5 Å². The number of nitro groups is 1. The molecule has 1 unspecified atom stereocenters. The molecule has 19 heavy (non-hydrogen) atoms. The molecule has 0 aliphatic carbocycles. The maximum atomic E-state index is 11.7. The monoisotopic (exact) mass is 267 g/mol. The molecule has 104 valence electrons. The van der Waals surface area contributed by atoms with Crippen LogP contribution in [0.1, 0.15) is 12.8 Å². The highest BCUT2D eigenvalue weighted by Gasteiger charge is 2.13. The number of nitrogens with one attached hydrogen (secondary N) is 1. The van der Waals surface area contributed by atoms with Crippen LogP contribution < -0.4 is 11.1 Å². The highest BCUT2D eigenvalue weighted by Crippen LogP contribution is 2.15. The van der Waals surface area contributed by atoms with Crippen molar-refractivity contribution >= 4 is 17.3 Å². The number of carbonyl (C=O) groups excluding carboxylic acids is 1. The first-order valence-electron chi connectivity index (χ1n) is 5.84. The molecule has 0 heterocycles. The smallest absolute Gasteiger partial charge is 0.269 e. The molecule has 0 aliphatic rings. The number of anilines is 1. The summed E-state index contributed by atoms with van der Waals surface area (Å²) in [7, 11) is 1.59. The average molecular weight is 267 g/mol. The Bertz CT molecular complexity index is 433. The molecule has 7 heteroatoms. The number of hydrogen-bond donors (Lipinski definition) is 2. The Labute approximate surface area is 110 Å². The van der Waals surface area contributed by atoms with Gasteiger partial charge in [0.05, 0.1) is 11.0 Å². The lowest BCUT2D eigenvalue weighted by Crippen LogP contribution is -2.35. The maximum Gasteiger partial charge on any atom is 0.269 e. The van der Waals surface area contributed by atoms with E-state index in [2.05, 4.69) is 5.32 Å². The van der Waals surface area contributed by atoms with Crippen LogP contribution in [0, 0.1) is 10.1 Å². The highest BCUT2D eigenvalue weighted by atomic mass is 16.6. The zero-order chi connectivity index (χ0) is 14.3. The van der Waals surface area contributed by atoms with Crippen molar-refractivity contribution in [3.63, 3.8) is 0 Å². The SMILES string of the molecule is COCCCC(N)C(=O)Nc1ccc([N+](=O)[O-])cc1. The zero-order valence-corrected chi connectivity index (χ0v) is 10.7. The van der Waals surface area contributed by atoms with E-state index in [1.807, 2.05) is 0 Å². The Morgan fingerprint density at radius 3 is 2.63 bits per heavy atom. The van der Waals surface area contributed by atoms with Gasteiger partial charge in [0.2, 0.25) is 5.91 Å². The van der Waals surface area contributed by atoms with Gasteiger partial charge in [0.25, 0.3) is 5.69 Å². The maximum absolute atomic E-state index is 11.7. The molecule has 1 aromatic carbocycles. The molecule has 1 aromatic rings. The van der Waals surface area contributed by atoms with Gasteiger partial charge in [-0.1, -0.05) is 0 Å². The molecule has 1 amide bonds. The first-order valence-corrected chi connectivity index (χ1v) is 5.84. The predicted octanol–water partition coefficient (Wildman–Crippen LogP) is 1.29. The largest absolute Gasteiger partial charge is 0.385 e. The Hall–Kier alpha value is -1.99.